The van der Waals surface area contributed by atoms with Crippen molar-refractivity contribution in [1.29, 1.82) is 0 Å². The van der Waals surface area contributed by atoms with Gasteiger partial charge in [0.1, 0.15) is 12.1 Å². The molecule has 1 saturated heterocycles. The topological polar surface area (TPSA) is 82.2 Å². The fourth-order valence-electron chi connectivity index (χ4n) is 4.13. The second-order valence-corrected chi connectivity index (χ2v) is 7.99. The molecule has 1 N–H and O–H groups in total. The zero-order chi connectivity index (χ0) is 22.5. The van der Waals surface area contributed by atoms with Gasteiger partial charge in [-0.15, -0.1) is 0 Å². The normalized spacial score (nSPS) is 16.8. The summed E-state index contributed by atoms with van der Waals surface area (Å²) >= 11 is 0. The van der Waals surface area contributed by atoms with Crippen molar-refractivity contribution < 1.29 is 14.0 Å². The summed E-state index contributed by atoms with van der Waals surface area (Å²) in [5.74, 6) is -0.660. The Balaban J connectivity index is 1.54. The monoisotopic (exact) mass is 435 g/mol. The van der Waals surface area contributed by atoms with Gasteiger partial charge in [-0.05, 0) is 30.0 Å². The Kier molecular flexibility index (Phi) is 6.58. The second kappa shape index (κ2) is 9.72. The van der Waals surface area contributed by atoms with Gasteiger partial charge in [-0.3, -0.25) is 14.7 Å². The first kappa shape index (κ1) is 21.7. The lowest BCUT2D eigenvalue weighted by Crippen LogP contribution is -2.38. The molecule has 2 amide bonds. The van der Waals surface area contributed by atoms with E-state index in [1.54, 1.807) is 23.1 Å². The van der Waals surface area contributed by atoms with Gasteiger partial charge in [0.25, 0.3) is 5.91 Å². The number of hydrogen-bond donors (Lipinski definition) is 1. The molecule has 0 spiro atoms. The molecule has 1 aromatic heterocycles. The predicted octanol–water partition coefficient (Wildman–Crippen LogP) is 3.16. The van der Waals surface area contributed by atoms with Crippen LogP contribution >= 0.6 is 0 Å². The molecule has 2 heterocycles. The van der Waals surface area contributed by atoms with E-state index in [1.165, 1.54) is 12.4 Å². The number of amides is 2. The van der Waals surface area contributed by atoms with Gasteiger partial charge >= 0.3 is 0 Å². The van der Waals surface area contributed by atoms with Crippen LogP contribution in [0.5, 0.6) is 0 Å². The summed E-state index contributed by atoms with van der Waals surface area (Å²) in [6.45, 7) is 3.95. The Labute approximate surface area is 186 Å². The number of carbonyl (C=O) groups excluding carboxylic acids is 2. The summed E-state index contributed by atoms with van der Waals surface area (Å²) in [6.07, 6.45) is 2.65. The Morgan fingerprint density at radius 2 is 1.94 bits per heavy atom. The van der Waals surface area contributed by atoms with Crippen molar-refractivity contribution in [2.24, 2.45) is 5.92 Å². The lowest BCUT2D eigenvalue weighted by atomic mass is 9.95. The molecule has 7 nitrogen and oxygen atoms in total. The molecule has 3 aromatic rings. The molecule has 8 heteroatoms. The molecular formula is C24H26FN5O2. The molecule has 0 saturated carbocycles. The van der Waals surface area contributed by atoms with Crippen LogP contribution in [0.2, 0.25) is 0 Å². The number of aromatic nitrogens is 3. The van der Waals surface area contributed by atoms with E-state index in [0.29, 0.717) is 38.2 Å². The molecular weight excluding hydrogens is 409 g/mol. The van der Waals surface area contributed by atoms with Crippen molar-refractivity contribution in [1.82, 2.24) is 25.0 Å². The molecule has 0 unspecified atom stereocenters. The van der Waals surface area contributed by atoms with Gasteiger partial charge in [-0.25, -0.2) is 9.37 Å². The zero-order valence-corrected chi connectivity index (χ0v) is 18.0. The maximum Gasteiger partial charge on any atom is 0.291 e. The van der Waals surface area contributed by atoms with Crippen molar-refractivity contribution in [2.45, 2.75) is 19.8 Å². The summed E-state index contributed by atoms with van der Waals surface area (Å²) in [4.78, 5) is 33.5. The van der Waals surface area contributed by atoms with Gasteiger partial charge in [0.2, 0.25) is 11.7 Å². The van der Waals surface area contributed by atoms with Crippen LogP contribution in [0.4, 0.5) is 4.39 Å². The lowest BCUT2D eigenvalue weighted by molar-refractivity contribution is -0.134. The fourth-order valence-corrected chi connectivity index (χ4v) is 4.13. The van der Waals surface area contributed by atoms with Crippen LogP contribution in [-0.2, 0) is 11.2 Å². The van der Waals surface area contributed by atoms with Crippen molar-refractivity contribution in [3.05, 3.63) is 72.1 Å². The minimum atomic E-state index is -0.366. The first-order valence-corrected chi connectivity index (χ1v) is 10.8. The highest BCUT2D eigenvalue weighted by molar-refractivity contribution is 5.91. The van der Waals surface area contributed by atoms with Gasteiger partial charge < -0.3 is 9.80 Å². The molecule has 32 heavy (non-hydrogen) atoms. The quantitative estimate of drug-likeness (QED) is 0.645. The summed E-state index contributed by atoms with van der Waals surface area (Å²) in [5.41, 5.74) is 2.30. The summed E-state index contributed by atoms with van der Waals surface area (Å²) in [6, 6.07) is 14.2. The van der Waals surface area contributed by atoms with Crippen molar-refractivity contribution in [2.75, 3.05) is 26.2 Å². The Hall–Kier alpha value is -3.55. The minimum Gasteiger partial charge on any atom is -0.341 e. The number of hydrogen-bond acceptors (Lipinski definition) is 4. The Morgan fingerprint density at radius 1 is 1.16 bits per heavy atom. The molecule has 1 fully saturated rings. The van der Waals surface area contributed by atoms with E-state index in [-0.39, 0.29) is 29.4 Å². The van der Waals surface area contributed by atoms with Crippen LogP contribution in [0.3, 0.4) is 0 Å². The predicted molar refractivity (Wildman–Crippen MR) is 118 cm³/mol. The van der Waals surface area contributed by atoms with Crippen molar-refractivity contribution in [3.63, 3.8) is 0 Å². The van der Waals surface area contributed by atoms with E-state index in [1.807, 2.05) is 36.1 Å². The first-order chi connectivity index (χ1) is 15.6. The highest BCUT2D eigenvalue weighted by Gasteiger charge is 2.33. The average Bonchev–Trinajstić information content (AvgIpc) is 3.30. The van der Waals surface area contributed by atoms with Crippen LogP contribution in [0.25, 0.3) is 11.1 Å². The molecule has 0 bridgehead atoms. The number of H-pyrrole nitrogens is 1. The van der Waals surface area contributed by atoms with E-state index in [2.05, 4.69) is 15.2 Å². The van der Waals surface area contributed by atoms with Gasteiger partial charge in [-0.1, -0.05) is 49.4 Å². The maximum atomic E-state index is 14.1. The van der Waals surface area contributed by atoms with Crippen LogP contribution in [0, 0.1) is 11.7 Å². The van der Waals surface area contributed by atoms with E-state index in [9.17, 15) is 14.0 Å². The number of nitrogens with zero attached hydrogens (tertiary/aromatic N) is 4. The molecule has 0 aliphatic carbocycles. The lowest BCUT2D eigenvalue weighted by Gasteiger charge is -2.23. The van der Waals surface area contributed by atoms with Crippen molar-refractivity contribution >= 4 is 11.8 Å². The van der Waals surface area contributed by atoms with Crippen LogP contribution in [-0.4, -0.2) is 63.0 Å². The minimum absolute atomic E-state index is 0.0536. The van der Waals surface area contributed by atoms with Crippen LogP contribution in [0.15, 0.2) is 54.9 Å². The number of nitrogens with one attached hydrogen (secondary N) is 1. The summed E-state index contributed by atoms with van der Waals surface area (Å²) in [5, 5.41) is 6.37. The maximum absolute atomic E-state index is 14.1. The van der Waals surface area contributed by atoms with E-state index >= 15 is 0 Å². The summed E-state index contributed by atoms with van der Waals surface area (Å²) < 4.78 is 14.1. The first-order valence-electron chi connectivity index (χ1n) is 10.8. The van der Waals surface area contributed by atoms with Gasteiger partial charge in [0, 0.05) is 31.7 Å². The third kappa shape index (κ3) is 4.69. The van der Waals surface area contributed by atoms with Crippen molar-refractivity contribution in [3.8, 4) is 11.1 Å². The molecule has 4 rings (SSSR count). The number of benzene rings is 2. The van der Waals surface area contributed by atoms with E-state index in [4.69, 9.17) is 0 Å². The molecule has 1 atom stereocenters. The Morgan fingerprint density at radius 3 is 2.62 bits per heavy atom. The molecule has 2 aromatic carbocycles. The van der Waals surface area contributed by atoms with Gasteiger partial charge in [0.05, 0.1) is 5.92 Å². The smallest absolute Gasteiger partial charge is 0.291 e. The largest absolute Gasteiger partial charge is 0.341 e. The highest BCUT2D eigenvalue weighted by Crippen LogP contribution is 2.24. The van der Waals surface area contributed by atoms with Crippen LogP contribution < -0.4 is 0 Å². The standard InChI is InChI=1S/C24H26FN5O2/c1-2-11-29-12-13-30(24(32)22-26-16-27-28-22)15-19(23(29)31)14-17-7-9-18(10-8-17)20-5-3-4-6-21(20)25/h3-10,16,19H,2,11-15H2,1H3,(H,26,27,28)/t19-/m1/s1. The molecule has 166 valence electrons. The third-order valence-corrected chi connectivity index (χ3v) is 5.76. The number of halogens is 1. The van der Waals surface area contributed by atoms with Gasteiger partial charge in [-0.2, -0.15) is 5.10 Å². The second-order valence-electron chi connectivity index (χ2n) is 7.99. The number of aromatic amines is 1. The average molecular weight is 436 g/mol. The SMILES string of the molecule is CCCN1CCN(C(=O)c2ncn[nH]2)C[C@@H](Cc2ccc(-c3ccccc3F)cc2)C1=O. The van der Waals surface area contributed by atoms with E-state index < -0.39 is 0 Å². The Bertz CT molecular complexity index is 1070. The number of rotatable bonds is 6. The van der Waals surface area contributed by atoms with E-state index in [0.717, 1.165) is 17.5 Å². The molecule has 0 radical (unpaired) electrons. The number of carbonyl (C=O) groups is 2. The van der Waals surface area contributed by atoms with Gasteiger partial charge in [0.15, 0.2) is 0 Å². The highest BCUT2D eigenvalue weighted by atomic mass is 19.1. The molecule has 1 aliphatic heterocycles. The third-order valence-electron chi connectivity index (χ3n) is 5.76. The fraction of sp³-hybridized carbons (Fsp3) is 0.333. The zero-order valence-electron chi connectivity index (χ0n) is 18.0. The van der Waals surface area contributed by atoms with Crippen LogP contribution in [0.1, 0.15) is 29.5 Å². The summed E-state index contributed by atoms with van der Waals surface area (Å²) in [7, 11) is 0. The molecule has 1 aliphatic rings.